The van der Waals surface area contributed by atoms with E-state index in [4.69, 9.17) is 0 Å². The maximum Gasteiger partial charge on any atom is 0.295 e. The van der Waals surface area contributed by atoms with Crippen molar-refractivity contribution in [2.75, 3.05) is 0 Å². The van der Waals surface area contributed by atoms with Crippen molar-refractivity contribution in [3.05, 3.63) is 34.4 Å². The first-order chi connectivity index (χ1) is 6.85. The predicted molar refractivity (Wildman–Crippen MR) is 51.7 cm³/mol. The zero-order chi connectivity index (χ0) is 11.4. The van der Waals surface area contributed by atoms with Crippen LogP contribution in [0.25, 0.3) is 0 Å². The van der Waals surface area contributed by atoms with Gasteiger partial charge >= 0.3 is 0 Å². The molecule has 4 heteroatoms. The minimum absolute atomic E-state index is 0.0908. The van der Waals surface area contributed by atoms with Gasteiger partial charge in [0.25, 0.3) is 5.79 Å². The highest BCUT2D eigenvalue weighted by atomic mass is 16.5. The van der Waals surface area contributed by atoms with Crippen molar-refractivity contribution in [1.82, 2.24) is 0 Å². The number of hydrogen-bond donors (Lipinski definition) is 2. The van der Waals surface area contributed by atoms with Crippen LogP contribution < -0.4 is 0 Å². The second kappa shape index (κ2) is 2.74. The lowest BCUT2D eigenvalue weighted by atomic mass is 10.0. The zero-order valence-electron chi connectivity index (χ0n) is 8.37. The van der Waals surface area contributed by atoms with Gasteiger partial charge in [0, 0.05) is 11.1 Å². The van der Waals surface area contributed by atoms with Gasteiger partial charge in [-0.15, -0.1) is 0 Å². The van der Waals surface area contributed by atoms with E-state index in [1.807, 2.05) is 0 Å². The number of aryl methyl sites for hydroxylation is 2. The summed E-state index contributed by atoms with van der Waals surface area (Å²) < 4.78 is 0. The lowest BCUT2D eigenvalue weighted by molar-refractivity contribution is -0.0857. The molecule has 0 aromatic heterocycles. The average molecular weight is 206 g/mol. The summed E-state index contributed by atoms with van der Waals surface area (Å²) in [6.45, 7) is 3.59. The second-order valence-corrected chi connectivity index (χ2v) is 3.81. The molecular formula is C11H10O4. The summed E-state index contributed by atoms with van der Waals surface area (Å²) in [6.07, 6.45) is 0. The number of carbonyl (C=O) groups excluding carboxylic acids is 2. The minimum atomic E-state index is -2.87. The van der Waals surface area contributed by atoms with Gasteiger partial charge in [-0.25, -0.2) is 0 Å². The van der Waals surface area contributed by atoms with Gasteiger partial charge in [-0.2, -0.15) is 0 Å². The number of hydrogen-bond acceptors (Lipinski definition) is 4. The van der Waals surface area contributed by atoms with Gasteiger partial charge in [0.15, 0.2) is 0 Å². The number of rotatable bonds is 0. The molecular weight excluding hydrogens is 196 g/mol. The van der Waals surface area contributed by atoms with Crippen LogP contribution in [0.5, 0.6) is 0 Å². The first-order valence-electron chi connectivity index (χ1n) is 4.51. The van der Waals surface area contributed by atoms with Crippen LogP contribution in [0.15, 0.2) is 12.1 Å². The van der Waals surface area contributed by atoms with Gasteiger partial charge < -0.3 is 10.2 Å². The number of carbonyl (C=O) groups is 2. The van der Waals surface area contributed by atoms with Gasteiger partial charge in [0.2, 0.25) is 11.6 Å². The molecule has 1 aliphatic rings. The van der Waals surface area contributed by atoms with E-state index in [0.29, 0.717) is 0 Å². The van der Waals surface area contributed by atoms with Gasteiger partial charge in [0.05, 0.1) is 0 Å². The molecule has 2 rings (SSSR count). The summed E-state index contributed by atoms with van der Waals surface area (Å²) in [5, 5.41) is 18.6. The molecule has 0 fully saturated rings. The van der Waals surface area contributed by atoms with Crippen molar-refractivity contribution in [3.8, 4) is 0 Å². The van der Waals surface area contributed by atoms with Gasteiger partial charge in [-0.1, -0.05) is 0 Å². The lowest BCUT2D eigenvalue weighted by Crippen LogP contribution is -2.40. The van der Waals surface area contributed by atoms with E-state index in [1.54, 1.807) is 13.8 Å². The first-order valence-corrected chi connectivity index (χ1v) is 4.51. The van der Waals surface area contributed by atoms with Gasteiger partial charge in [-0.05, 0) is 37.1 Å². The highest BCUT2D eigenvalue weighted by Gasteiger charge is 2.50. The van der Waals surface area contributed by atoms with Crippen LogP contribution in [0.2, 0.25) is 0 Å². The van der Waals surface area contributed by atoms with E-state index < -0.39 is 17.4 Å². The number of fused-ring (bicyclic) bond motifs is 1. The first kappa shape index (κ1) is 10.0. The van der Waals surface area contributed by atoms with E-state index in [9.17, 15) is 19.8 Å². The van der Waals surface area contributed by atoms with Crippen LogP contribution in [0, 0.1) is 13.8 Å². The fourth-order valence-electron chi connectivity index (χ4n) is 1.67. The van der Waals surface area contributed by atoms with Crippen molar-refractivity contribution in [2.45, 2.75) is 19.6 Å². The molecule has 0 radical (unpaired) electrons. The summed E-state index contributed by atoms with van der Waals surface area (Å²) in [4.78, 5) is 22.9. The number of aliphatic hydroxyl groups is 2. The summed E-state index contributed by atoms with van der Waals surface area (Å²) >= 11 is 0. The third kappa shape index (κ3) is 1.15. The topological polar surface area (TPSA) is 74.6 Å². The lowest BCUT2D eigenvalue weighted by Gasteiger charge is -2.08. The molecule has 0 aliphatic heterocycles. The third-order valence-corrected chi connectivity index (χ3v) is 2.76. The van der Waals surface area contributed by atoms with Crippen LogP contribution >= 0.6 is 0 Å². The van der Waals surface area contributed by atoms with Crippen molar-refractivity contribution >= 4 is 11.6 Å². The van der Waals surface area contributed by atoms with Crippen LogP contribution in [0.4, 0.5) is 0 Å². The Kier molecular flexibility index (Phi) is 1.83. The summed E-state index contributed by atoms with van der Waals surface area (Å²) in [6, 6.07) is 3.03. The number of benzene rings is 1. The molecule has 1 aromatic rings. The van der Waals surface area contributed by atoms with Crippen molar-refractivity contribution in [2.24, 2.45) is 0 Å². The largest absolute Gasteiger partial charge is 0.353 e. The minimum Gasteiger partial charge on any atom is -0.353 e. The molecule has 2 N–H and O–H groups in total. The highest BCUT2D eigenvalue weighted by molar-refractivity contribution is 6.30. The Morgan fingerprint density at radius 3 is 1.60 bits per heavy atom. The molecule has 0 amide bonds. The van der Waals surface area contributed by atoms with Crippen LogP contribution in [-0.4, -0.2) is 27.6 Å². The normalized spacial score (nSPS) is 18.1. The summed E-state index contributed by atoms with van der Waals surface area (Å²) in [5.41, 5.74) is 1.86. The van der Waals surface area contributed by atoms with Gasteiger partial charge in [-0.3, -0.25) is 9.59 Å². The molecule has 0 saturated carbocycles. The third-order valence-electron chi connectivity index (χ3n) is 2.76. The molecule has 0 saturated heterocycles. The number of ketones is 2. The maximum absolute atomic E-state index is 11.5. The Morgan fingerprint density at radius 2 is 1.27 bits per heavy atom. The summed E-state index contributed by atoms with van der Waals surface area (Å²) in [7, 11) is 0. The Bertz CT molecular complexity index is 443. The van der Waals surface area contributed by atoms with Gasteiger partial charge in [0.1, 0.15) is 0 Å². The Morgan fingerprint density at radius 1 is 0.933 bits per heavy atom. The molecule has 1 aliphatic carbocycles. The van der Waals surface area contributed by atoms with Crippen LogP contribution in [-0.2, 0) is 0 Å². The molecule has 4 nitrogen and oxygen atoms in total. The monoisotopic (exact) mass is 206 g/mol. The Hall–Kier alpha value is -1.52. The van der Waals surface area contributed by atoms with Crippen molar-refractivity contribution in [3.63, 3.8) is 0 Å². The van der Waals surface area contributed by atoms with Crippen molar-refractivity contribution < 1.29 is 19.8 Å². The summed E-state index contributed by atoms with van der Waals surface area (Å²) in [5.74, 6) is -4.75. The Labute approximate surface area is 86.2 Å². The Balaban J connectivity index is 2.74. The number of Topliss-reactive ketones (excluding diaryl/α,β-unsaturated/α-hetero) is 2. The van der Waals surface area contributed by atoms with E-state index in [1.165, 1.54) is 12.1 Å². The fourth-order valence-corrected chi connectivity index (χ4v) is 1.67. The predicted octanol–water partition coefficient (Wildman–Crippen LogP) is 0.363. The standard InChI is InChI=1S/C11H10O4/c1-5-3-7-8(4-6(5)2)10(13)11(14,15)9(7)12/h3-4,14-15H,1-2H3. The molecule has 0 unspecified atom stereocenters. The molecule has 15 heavy (non-hydrogen) atoms. The molecule has 1 aromatic carbocycles. The maximum atomic E-state index is 11.5. The average Bonchev–Trinajstić information content (AvgIpc) is 2.32. The molecule has 0 heterocycles. The van der Waals surface area contributed by atoms with E-state index in [-0.39, 0.29) is 11.1 Å². The SMILES string of the molecule is Cc1cc2c(cc1C)C(=O)C(O)(O)C2=O. The van der Waals surface area contributed by atoms with Crippen molar-refractivity contribution in [1.29, 1.82) is 0 Å². The second-order valence-electron chi connectivity index (χ2n) is 3.81. The van der Waals surface area contributed by atoms with E-state index >= 15 is 0 Å². The van der Waals surface area contributed by atoms with E-state index in [2.05, 4.69) is 0 Å². The highest BCUT2D eigenvalue weighted by Crippen LogP contribution is 2.30. The zero-order valence-corrected chi connectivity index (χ0v) is 8.37. The smallest absolute Gasteiger partial charge is 0.295 e. The fraction of sp³-hybridized carbons (Fsp3) is 0.273. The van der Waals surface area contributed by atoms with E-state index in [0.717, 1.165) is 11.1 Å². The van der Waals surface area contributed by atoms with Crippen LogP contribution in [0.3, 0.4) is 0 Å². The quantitative estimate of drug-likeness (QED) is 0.475. The molecule has 78 valence electrons. The molecule has 0 atom stereocenters. The molecule has 0 bridgehead atoms. The van der Waals surface area contributed by atoms with Crippen LogP contribution in [0.1, 0.15) is 31.8 Å². The molecule has 0 spiro atoms.